The molecule has 0 aliphatic heterocycles. The smallest absolute Gasteiger partial charge is 0.274 e. The van der Waals surface area contributed by atoms with Gasteiger partial charge in [0.05, 0.1) is 18.2 Å². The van der Waals surface area contributed by atoms with Crippen molar-refractivity contribution < 1.29 is 13.6 Å². The second-order valence-electron chi connectivity index (χ2n) is 8.24. The van der Waals surface area contributed by atoms with Crippen LogP contribution in [0.4, 0.5) is 14.5 Å². The number of alkyl halides is 2. The zero-order chi connectivity index (χ0) is 22.5. The molecule has 0 atom stereocenters. The Morgan fingerprint density at radius 3 is 2.81 bits per heavy atom. The number of nitrogens with two attached hydrogens (primary N) is 1. The number of nitrogens with zero attached hydrogens (tertiary/aromatic N) is 4. The van der Waals surface area contributed by atoms with E-state index in [1.165, 1.54) is 6.20 Å². The maximum atomic E-state index is 13.2. The van der Waals surface area contributed by atoms with Crippen LogP contribution in [0.2, 0.25) is 0 Å². The van der Waals surface area contributed by atoms with Crippen molar-refractivity contribution in [2.45, 2.75) is 38.2 Å². The van der Waals surface area contributed by atoms with Crippen LogP contribution in [0.5, 0.6) is 0 Å². The van der Waals surface area contributed by atoms with Gasteiger partial charge in [-0.2, -0.15) is 0 Å². The SMILES string of the molecule is Cc1ccn2c(C(=O)Nc3cc(-n4cnc(C5CC(F)(F)C5)c4)ccc3CN)cnc2c1. The Kier molecular flexibility index (Phi) is 4.78. The summed E-state index contributed by atoms with van der Waals surface area (Å²) in [6.45, 7) is 2.21. The van der Waals surface area contributed by atoms with E-state index in [2.05, 4.69) is 15.3 Å². The first kappa shape index (κ1) is 20.3. The number of hydrogen-bond acceptors (Lipinski definition) is 4. The molecule has 0 bridgehead atoms. The first-order valence-electron chi connectivity index (χ1n) is 10.3. The Bertz CT molecular complexity index is 1320. The third-order valence-corrected chi connectivity index (χ3v) is 5.87. The van der Waals surface area contributed by atoms with Gasteiger partial charge in [0.1, 0.15) is 11.3 Å². The van der Waals surface area contributed by atoms with E-state index in [0.29, 0.717) is 22.7 Å². The summed E-state index contributed by atoms with van der Waals surface area (Å²) in [5.41, 5.74) is 10.8. The van der Waals surface area contributed by atoms with Crippen molar-refractivity contribution in [3.8, 4) is 5.69 Å². The quantitative estimate of drug-likeness (QED) is 0.494. The third-order valence-electron chi connectivity index (χ3n) is 5.87. The predicted octanol–water partition coefficient (Wildman–Crippen LogP) is 4.05. The molecule has 7 nitrogen and oxygen atoms in total. The van der Waals surface area contributed by atoms with Gasteiger partial charge in [-0.25, -0.2) is 18.7 Å². The number of fused-ring (bicyclic) bond motifs is 1. The van der Waals surface area contributed by atoms with Gasteiger partial charge in [-0.3, -0.25) is 9.20 Å². The maximum Gasteiger partial charge on any atom is 0.274 e. The van der Waals surface area contributed by atoms with Gasteiger partial charge in [-0.05, 0) is 42.3 Å². The fourth-order valence-corrected chi connectivity index (χ4v) is 4.02. The zero-order valence-electron chi connectivity index (χ0n) is 17.4. The number of imidazole rings is 2. The lowest BCUT2D eigenvalue weighted by atomic mass is 9.79. The number of rotatable bonds is 5. The van der Waals surface area contributed by atoms with E-state index in [9.17, 15) is 13.6 Å². The highest BCUT2D eigenvalue weighted by Gasteiger charge is 2.46. The van der Waals surface area contributed by atoms with Crippen LogP contribution in [0.3, 0.4) is 0 Å². The normalized spacial score (nSPS) is 15.6. The molecule has 32 heavy (non-hydrogen) atoms. The molecule has 1 fully saturated rings. The lowest BCUT2D eigenvalue weighted by molar-refractivity contribution is -0.0875. The molecule has 3 N–H and O–H groups in total. The van der Waals surface area contributed by atoms with Crippen molar-refractivity contribution in [1.29, 1.82) is 0 Å². The van der Waals surface area contributed by atoms with Crippen LogP contribution < -0.4 is 11.1 Å². The van der Waals surface area contributed by atoms with Crippen molar-refractivity contribution in [2.75, 3.05) is 5.32 Å². The topological polar surface area (TPSA) is 90.2 Å². The summed E-state index contributed by atoms with van der Waals surface area (Å²) in [5, 5.41) is 2.93. The van der Waals surface area contributed by atoms with Crippen LogP contribution in [-0.4, -0.2) is 30.8 Å². The standard InChI is InChI=1S/C23H22F2N6O/c1-14-4-5-31-20(11-27-21(31)6-14)22(32)29-18-7-17(3-2-15(18)10-26)30-12-19(28-13-30)16-8-23(24,25)9-16/h2-7,11-13,16H,8-10,26H2,1H3,(H,29,32). The average Bonchev–Trinajstić information content (AvgIpc) is 3.39. The van der Waals surface area contributed by atoms with Crippen LogP contribution in [0.1, 0.15) is 46.1 Å². The molecular formula is C23H22F2N6O. The summed E-state index contributed by atoms with van der Waals surface area (Å²) >= 11 is 0. The van der Waals surface area contributed by atoms with Gasteiger partial charge in [-0.15, -0.1) is 0 Å². The summed E-state index contributed by atoms with van der Waals surface area (Å²) in [4.78, 5) is 21.6. The average molecular weight is 436 g/mol. The molecule has 3 aromatic heterocycles. The van der Waals surface area contributed by atoms with Crippen molar-refractivity contribution in [1.82, 2.24) is 18.9 Å². The van der Waals surface area contributed by atoms with E-state index >= 15 is 0 Å². The minimum absolute atomic E-state index is 0.170. The van der Waals surface area contributed by atoms with Gasteiger partial charge in [-0.1, -0.05) is 6.07 Å². The highest BCUT2D eigenvalue weighted by molar-refractivity contribution is 6.04. The van der Waals surface area contributed by atoms with Gasteiger partial charge in [0.15, 0.2) is 0 Å². The number of anilines is 1. The second-order valence-corrected chi connectivity index (χ2v) is 8.24. The lowest BCUT2D eigenvalue weighted by Gasteiger charge is -2.33. The lowest BCUT2D eigenvalue weighted by Crippen LogP contribution is -2.33. The van der Waals surface area contributed by atoms with Gasteiger partial charge in [0, 0.05) is 49.1 Å². The minimum atomic E-state index is -2.59. The van der Waals surface area contributed by atoms with Crippen LogP contribution in [0.25, 0.3) is 11.3 Å². The van der Waals surface area contributed by atoms with E-state index < -0.39 is 5.92 Å². The summed E-state index contributed by atoms with van der Waals surface area (Å²) in [7, 11) is 0. The van der Waals surface area contributed by atoms with E-state index in [1.54, 1.807) is 27.6 Å². The third kappa shape index (κ3) is 3.64. The fourth-order valence-electron chi connectivity index (χ4n) is 4.02. The molecule has 5 rings (SSSR count). The Morgan fingerprint density at radius 2 is 2.06 bits per heavy atom. The van der Waals surface area contributed by atoms with Crippen molar-refractivity contribution in [3.63, 3.8) is 0 Å². The summed E-state index contributed by atoms with van der Waals surface area (Å²) in [6, 6.07) is 9.30. The highest BCUT2D eigenvalue weighted by atomic mass is 19.3. The van der Waals surface area contributed by atoms with Crippen molar-refractivity contribution in [2.24, 2.45) is 5.73 Å². The van der Waals surface area contributed by atoms with Crippen LogP contribution in [0.15, 0.2) is 55.2 Å². The summed E-state index contributed by atoms with van der Waals surface area (Å²) < 4.78 is 29.9. The number of amides is 1. The monoisotopic (exact) mass is 436 g/mol. The van der Waals surface area contributed by atoms with E-state index in [4.69, 9.17) is 5.73 Å². The number of pyridine rings is 1. The van der Waals surface area contributed by atoms with E-state index in [0.717, 1.165) is 16.8 Å². The molecule has 0 unspecified atom stereocenters. The number of hydrogen-bond donors (Lipinski definition) is 2. The molecular weight excluding hydrogens is 414 g/mol. The Labute approximate surface area is 182 Å². The highest BCUT2D eigenvalue weighted by Crippen LogP contribution is 2.47. The summed E-state index contributed by atoms with van der Waals surface area (Å²) in [6.07, 6.45) is 6.36. The number of aryl methyl sites for hydroxylation is 1. The number of carbonyl (C=O) groups excluding carboxylic acids is 1. The van der Waals surface area contributed by atoms with Gasteiger partial charge in [0.2, 0.25) is 5.92 Å². The first-order valence-corrected chi connectivity index (χ1v) is 10.3. The zero-order valence-corrected chi connectivity index (χ0v) is 17.4. The molecule has 0 radical (unpaired) electrons. The number of carbonyl (C=O) groups is 1. The van der Waals surface area contributed by atoms with Crippen molar-refractivity contribution in [3.05, 3.63) is 77.8 Å². The maximum absolute atomic E-state index is 13.2. The Hall–Kier alpha value is -3.59. The molecule has 0 spiro atoms. The molecule has 3 heterocycles. The molecule has 1 amide bonds. The van der Waals surface area contributed by atoms with Gasteiger partial charge in [0.25, 0.3) is 5.91 Å². The van der Waals surface area contributed by atoms with E-state index in [-0.39, 0.29) is 31.2 Å². The number of benzene rings is 1. The summed E-state index contributed by atoms with van der Waals surface area (Å²) in [5.74, 6) is -3.13. The molecule has 1 aliphatic rings. The predicted molar refractivity (Wildman–Crippen MR) is 116 cm³/mol. The van der Waals surface area contributed by atoms with Gasteiger partial charge < -0.3 is 15.6 Å². The molecule has 9 heteroatoms. The number of halogens is 2. The van der Waals surface area contributed by atoms with Crippen LogP contribution in [0, 0.1) is 6.92 Å². The molecule has 4 aromatic rings. The van der Waals surface area contributed by atoms with Crippen LogP contribution >= 0.6 is 0 Å². The molecule has 0 saturated heterocycles. The van der Waals surface area contributed by atoms with E-state index in [1.807, 2.05) is 37.4 Å². The number of aromatic nitrogens is 4. The van der Waals surface area contributed by atoms with Gasteiger partial charge >= 0.3 is 0 Å². The van der Waals surface area contributed by atoms with Crippen molar-refractivity contribution >= 4 is 17.2 Å². The molecule has 1 saturated carbocycles. The number of nitrogens with one attached hydrogen (secondary N) is 1. The fraction of sp³-hybridized carbons (Fsp3) is 0.261. The largest absolute Gasteiger partial charge is 0.326 e. The molecule has 164 valence electrons. The first-order chi connectivity index (χ1) is 15.3. The molecule has 1 aliphatic carbocycles. The minimum Gasteiger partial charge on any atom is -0.326 e. The van der Waals surface area contributed by atoms with Crippen LogP contribution in [-0.2, 0) is 6.54 Å². The second kappa shape index (κ2) is 7.52. The Morgan fingerprint density at radius 1 is 1.25 bits per heavy atom. The molecule has 1 aromatic carbocycles. The Balaban J connectivity index is 1.41.